The molecule has 1 heterocycles. The van der Waals surface area contributed by atoms with E-state index in [1.165, 1.54) is 16.2 Å². The van der Waals surface area contributed by atoms with Gasteiger partial charge in [0.1, 0.15) is 5.60 Å². The Balaban J connectivity index is 2.00. The summed E-state index contributed by atoms with van der Waals surface area (Å²) >= 11 is 1.50. The Bertz CT molecular complexity index is 676. The lowest BCUT2D eigenvalue weighted by atomic mass is 9.99. The average Bonchev–Trinajstić information content (AvgIpc) is 3.07. The van der Waals surface area contributed by atoms with Crippen molar-refractivity contribution in [2.24, 2.45) is 0 Å². The van der Waals surface area contributed by atoms with Gasteiger partial charge >= 0.3 is 0 Å². The molecule has 2 aromatic rings. The summed E-state index contributed by atoms with van der Waals surface area (Å²) in [5, 5.41) is 16.8. The first kappa shape index (κ1) is 17.2. The van der Waals surface area contributed by atoms with Crippen molar-refractivity contribution in [1.82, 2.24) is 10.2 Å². The molecule has 0 aliphatic carbocycles. The van der Waals surface area contributed by atoms with Crippen LogP contribution in [0.3, 0.4) is 0 Å². The van der Waals surface area contributed by atoms with Gasteiger partial charge in [-0.1, -0.05) is 0 Å². The van der Waals surface area contributed by atoms with Crippen LogP contribution in [0.2, 0.25) is 0 Å². The molecule has 1 aromatic carbocycles. The molecule has 0 spiro atoms. The highest BCUT2D eigenvalue weighted by Gasteiger charge is 2.24. The molecule has 122 valence electrons. The van der Waals surface area contributed by atoms with Crippen molar-refractivity contribution in [3.8, 4) is 0 Å². The fraction of sp³-hybridized carbons (Fsp3) is 0.294. The summed E-state index contributed by atoms with van der Waals surface area (Å²) in [6.07, 6.45) is 0. The summed E-state index contributed by atoms with van der Waals surface area (Å²) in [6, 6.07) is 8.28. The topological polar surface area (TPSA) is 69.6 Å². The number of thiophene rings is 1. The highest BCUT2D eigenvalue weighted by molar-refractivity contribution is 7.08. The fourth-order valence-corrected chi connectivity index (χ4v) is 2.83. The molecule has 23 heavy (non-hydrogen) atoms. The Morgan fingerprint density at radius 3 is 2.30 bits per heavy atom. The lowest BCUT2D eigenvalue weighted by molar-refractivity contribution is 0.0530. The Morgan fingerprint density at radius 2 is 1.78 bits per heavy atom. The van der Waals surface area contributed by atoms with Crippen molar-refractivity contribution in [2.45, 2.75) is 12.5 Å². The van der Waals surface area contributed by atoms with Gasteiger partial charge < -0.3 is 15.3 Å². The molecule has 0 saturated carbocycles. The average molecular weight is 332 g/mol. The largest absolute Gasteiger partial charge is 0.384 e. The van der Waals surface area contributed by atoms with E-state index in [4.69, 9.17) is 0 Å². The minimum atomic E-state index is -1.11. The maximum absolute atomic E-state index is 12.2. The van der Waals surface area contributed by atoms with Crippen molar-refractivity contribution < 1.29 is 14.7 Å². The van der Waals surface area contributed by atoms with Crippen molar-refractivity contribution in [3.05, 3.63) is 57.8 Å². The van der Waals surface area contributed by atoms with Gasteiger partial charge in [-0.15, -0.1) is 0 Å². The number of carbonyl (C=O) groups excluding carboxylic acids is 2. The molecule has 0 radical (unpaired) electrons. The summed E-state index contributed by atoms with van der Waals surface area (Å²) < 4.78 is 0. The van der Waals surface area contributed by atoms with Crippen molar-refractivity contribution in [3.63, 3.8) is 0 Å². The molecule has 0 fully saturated rings. The van der Waals surface area contributed by atoms with Crippen molar-refractivity contribution in [2.75, 3.05) is 20.6 Å². The molecule has 1 aromatic heterocycles. The smallest absolute Gasteiger partial charge is 0.253 e. The highest BCUT2D eigenvalue weighted by atomic mass is 32.1. The van der Waals surface area contributed by atoms with Gasteiger partial charge in [-0.3, -0.25) is 9.59 Å². The summed E-state index contributed by atoms with van der Waals surface area (Å²) in [7, 11) is 3.35. The first-order valence-electron chi connectivity index (χ1n) is 7.16. The molecule has 0 bridgehead atoms. The van der Waals surface area contributed by atoms with E-state index in [0.29, 0.717) is 11.1 Å². The molecule has 5 nitrogen and oxygen atoms in total. The van der Waals surface area contributed by atoms with E-state index in [1.54, 1.807) is 45.3 Å². The predicted octanol–water partition coefficient (Wildman–Crippen LogP) is 2.09. The molecular weight excluding hydrogens is 312 g/mol. The highest BCUT2D eigenvalue weighted by Crippen LogP contribution is 2.22. The molecule has 0 aliphatic rings. The standard InChI is InChI=1S/C17H20N2O3S/c1-17(22,14-8-9-23-10-14)11-18-15(20)12-4-6-13(7-5-12)16(21)19(2)3/h4-10,22H,11H2,1-3H3,(H,18,20). The minimum absolute atomic E-state index is 0.112. The zero-order valence-corrected chi connectivity index (χ0v) is 14.2. The van der Waals surface area contributed by atoms with Crippen LogP contribution in [0.1, 0.15) is 33.2 Å². The van der Waals surface area contributed by atoms with Gasteiger partial charge in [-0.2, -0.15) is 11.3 Å². The van der Waals surface area contributed by atoms with Crippen LogP contribution in [0.15, 0.2) is 41.1 Å². The van der Waals surface area contributed by atoms with E-state index in [2.05, 4.69) is 5.32 Å². The lowest BCUT2D eigenvalue weighted by Crippen LogP contribution is -2.38. The molecule has 2 rings (SSSR count). The Hall–Kier alpha value is -2.18. The second-order valence-electron chi connectivity index (χ2n) is 5.75. The number of nitrogens with one attached hydrogen (secondary N) is 1. The van der Waals surface area contributed by atoms with Crippen LogP contribution < -0.4 is 5.32 Å². The SMILES string of the molecule is CN(C)C(=O)c1ccc(C(=O)NCC(C)(O)c2ccsc2)cc1. The van der Waals surface area contributed by atoms with Crippen LogP contribution in [0.4, 0.5) is 0 Å². The number of rotatable bonds is 5. The number of benzene rings is 1. The zero-order chi connectivity index (χ0) is 17.0. The fourth-order valence-electron chi connectivity index (χ4n) is 2.05. The third kappa shape index (κ3) is 4.18. The Morgan fingerprint density at radius 1 is 1.17 bits per heavy atom. The van der Waals surface area contributed by atoms with E-state index in [1.807, 2.05) is 16.8 Å². The summed E-state index contributed by atoms with van der Waals surface area (Å²) in [5.74, 6) is -0.401. The first-order valence-corrected chi connectivity index (χ1v) is 8.10. The quantitative estimate of drug-likeness (QED) is 0.881. The van der Waals surface area contributed by atoms with Crippen LogP contribution in [-0.4, -0.2) is 42.5 Å². The zero-order valence-electron chi connectivity index (χ0n) is 13.4. The van der Waals surface area contributed by atoms with Gasteiger partial charge in [0, 0.05) is 25.2 Å². The Kier molecular flexibility index (Phi) is 5.18. The number of hydrogen-bond donors (Lipinski definition) is 2. The summed E-state index contributed by atoms with van der Waals surface area (Å²) in [4.78, 5) is 25.4. The second-order valence-corrected chi connectivity index (χ2v) is 6.53. The molecule has 6 heteroatoms. The van der Waals surface area contributed by atoms with Gasteiger partial charge in [0.2, 0.25) is 0 Å². The van der Waals surface area contributed by atoms with E-state index >= 15 is 0 Å². The number of nitrogens with zero attached hydrogens (tertiary/aromatic N) is 1. The van der Waals surface area contributed by atoms with Gasteiger partial charge in [0.05, 0.1) is 6.54 Å². The number of hydrogen-bond acceptors (Lipinski definition) is 4. The summed E-state index contributed by atoms with van der Waals surface area (Å²) in [5.41, 5.74) is 0.629. The number of carbonyl (C=O) groups is 2. The van der Waals surface area contributed by atoms with Crippen LogP contribution in [-0.2, 0) is 5.60 Å². The van der Waals surface area contributed by atoms with Crippen LogP contribution in [0.5, 0.6) is 0 Å². The molecule has 2 amide bonds. The van der Waals surface area contributed by atoms with Gasteiger partial charge in [0.15, 0.2) is 0 Å². The molecule has 1 unspecified atom stereocenters. The Labute approximate surface area is 139 Å². The van der Waals surface area contributed by atoms with Gasteiger partial charge in [0.25, 0.3) is 11.8 Å². The van der Waals surface area contributed by atoms with E-state index < -0.39 is 5.60 Å². The van der Waals surface area contributed by atoms with Crippen LogP contribution in [0.25, 0.3) is 0 Å². The van der Waals surface area contributed by atoms with E-state index in [9.17, 15) is 14.7 Å². The third-order valence-electron chi connectivity index (χ3n) is 3.54. The molecule has 0 saturated heterocycles. The van der Waals surface area contributed by atoms with Crippen molar-refractivity contribution >= 4 is 23.2 Å². The molecular formula is C17H20N2O3S. The normalized spacial score (nSPS) is 13.2. The maximum atomic E-state index is 12.2. The molecule has 1 atom stereocenters. The first-order chi connectivity index (χ1) is 10.8. The van der Waals surface area contributed by atoms with Gasteiger partial charge in [-0.25, -0.2) is 0 Å². The lowest BCUT2D eigenvalue weighted by Gasteiger charge is -2.22. The monoisotopic (exact) mass is 332 g/mol. The summed E-state index contributed by atoms with van der Waals surface area (Å²) in [6.45, 7) is 1.77. The van der Waals surface area contributed by atoms with Crippen molar-refractivity contribution in [1.29, 1.82) is 0 Å². The predicted molar refractivity (Wildman–Crippen MR) is 90.7 cm³/mol. The third-order valence-corrected chi connectivity index (χ3v) is 4.22. The van der Waals surface area contributed by atoms with Crippen LogP contribution in [0, 0.1) is 0 Å². The van der Waals surface area contributed by atoms with Crippen LogP contribution >= 0.6 is 11.3 Å². The minimum Gasteiger partial charge on any atom is -0.384 e. The molecule has 2 N–H and O–H groups in total. The second kappa shape index (κ2) is 6.93. The van der Waals surface area contributed by atoms with Gasteiger partial charge in [-0.05, 0) is 53.6 Å². The number of amides is 2. The molecule has 0 aliphatic heterocycles. The van der Waals surface area contributed by atoms with E-state index in [0.717, 1.165) is 5.56 Å². The van der Waals surface area contributed by atoms with E-state index in [-0.39, 0.29) is 18.4 Å². The maximum Gasteiger partial charge on any atom is 0.253 e. The number of aliphatic hydroxyl groups is 1.